The molecule has 0 saturated carbocycles. The third-order valence-corrected chi connectivity index (χ3v) is 2.70. The zero-order valence-corrected chi connectivity index (χ0v) is 11.1. The Hall–Kier alpha value is -1.59. The van der Waals surface area contributed by atoms with Crippen LogP contribution >= 0.6 is 0 Å². The SMILES string of the molecule is COCC(O)CN(C)c1cc(C)ccc1C(=N)N. The normalized spacial score (nSPS) is 12.2. The molecule has 0 saturated heterocycles. The first-order valence-electron chi connectivity index (χ1n) is 5.79. The lowest BCUT2D eigenvalue weighted by Gasteiger charge is -2.25. The second kappa shape index (κ2) is 6.37. The van der Waals surface area contributed by atoms with Gasteiger partial charge in [-0.1, -0.05) is 6.07 Å². The number of likely N-dealkylation sites (N-methyl/N-ethyl adjacent to an activating group) is 1. The van der Waals surface area contributed by atoms with E-state index in [4.69, 9.17) is 15.9 Å². The van der Waals surface area contributed by atoms with Crippen LogP contribution in [0.1, 0.15) is 11.1 Å². The molecule has 1 aromatic rings. The molecule has 1 atom stereocenters. The number of aliphatic hydroxyl groups excluding tert-OH is 1. The molecule has 0 fully saturated rings. The zero-order valence-electron chi connectivity index (χ0n) is 11.1. The summed E-state index contributed by atoms with van der Waals surface area (Å²) in [7, 11) is 3.41. The number of ether oxygens (including phenoxy) is 1. The number of anilines is 1. The van der Waals surface area contributed by atoms with Crippen LogP contribution in [0.3, 0.4) is 0 Å². The molecule has 18 heavy (non-hydrogen) atoms. The summed E-state index contributed by atoms with van der Waals surface area (Å²) in [5, 5.41) is 17.3. The predicted molar refractivity (Wildman–Crippen MR) is 73.3 cm³/mol. The monoisotopic (exact) mass is 251 g/mol. The fourth-order valence-corrected chi connectivity index (χ4v) is 1.84. The molecule has 0 aliphatic carbocycles. The third-order valence-electron chi connectivity index (χ3n) is 2.70. The Balaban J connectivity index is 2.93. The van der Waals surface area contributed by atoms with E-state index >= 15 is 0 Å². The number of aryl methyl sites for hydroxylation is 1. The number of hydrogen-bond acceptors (Lipinski definition) is 4. The van der Waals surface area contributed by atoms with Crippen molar-refractivity contribution >= 4 is 11.5 Å². The van der Waals surface area contributed by atoms with E-state index in [-0.39, 0.29) is 12.4 Å². The van der Waals surface area contributed by atoms with E-state index in [9.17, 15) is 5.11 Å². The van der Waals surface area contributed by atoms with Crippen LogP contribution in [0.5, 0.6) is 0 Å². The Kier molecular flexibility index (Phi) is 5.12. The molecular formula is C13H21N3O2. The van der Waals surface area contributed by atoms with E-state index in [1.807, 2.05) is 37.1 Å². The van der Waals surface area contributed by atoms with Crippen molar-refractivity contribution in [3.05, 3.63) is 29.3 Å². The fraction of sp³-hybridized carbons (Fsp3) is 0.462. The molecule has 0 bridgehead atoms. The van der Waals surface area contributed by atoms with Crippen LogP contribution in [0, 0.1) is 12.3 Å². The highest BCUT2D eigenvalue weighted by molar-refractivity contribution is 6.00. The molecule has 5 nitrogen and oxygen atoms in total. The second-order valence-corrected chi connectivity index (χ2v) is 4.42. The van der Waals surface area contributed by atoms with Crippen LogP contribution in [0.4, 0.5) is 5.69 Å². The molecule has 1 aromatic carbocycles. The highest BCUT2D eigenvalue weighted by Crippen LogP contribution is 2.21. The Labute approximate surface area is 108 Å². The minimum absolute atomic E-state index is 0.0260. The first-order chi connectivity index (χ1) is 8.45. The van der Waals surface area contributed by atoms with Crippen molar-refractivity contribution in [1.82, 2.24) is 0 Å². The van der Waals surface area contributed by atoms with Crippen LogP contribution < -0.4 is 10.6 Å². The van der Waals surface area contributed by atoms with E-state index < -0.39 is 6.10 Å². The maximum Gasteiger partial charge on any atom is 0.124 e. The Bertz CT molecular complexity index is 421. The molecule has 0 aliphatic rings. The van der Waals surface area contributed by atoms with Gasteiger partial charge in [-0.2, -0.15) is 0 Å². The van der Waals surface area contributed by atoms with Crippen molar-refractivity contribution in [1.29, 1.82) is 5.41 Å². The number of methoxy groups -OCH3 is 1. The lowest BCUT2D eigenvalue weighted by Crippen LogP contribution is -2.33. The number of aliphatic hydroxyl groups is 1. The van der Waals surface area contributed by atoms with Gasteiger partial charge in [0.25, 0.3) is 0 Å². The lowest BCUT2D eigenvalue weighted by molar-refractivity contribution is 0.0695. The molecule has 0 amide bonds. The molecule has 1 rings (SSSR count). The van der Waals surface area contributed by atoms with E-state index in [0.29, 0.717) is 12.1 Å². The third kappa shape index (κ3) is 3.72. The van der Waals surface area contributed by atoms with Crippen LogP contribution in [-0.4, -0.2) is 44.4 Å². The summed E-state index contributed by atoms with van der Waals surface area (Å²) < 4.78 is 4.90. The predicted octanol–water partition coefficient (Wildman–Crippen LogP) is 0.723. The summed E-state index contributed by atoms with van der Waals surface area (Å²) in [6, 6.07) is 5.70. The molecule has 1 unspecified atom stereocenters. The van der Waals surface area contributed by atoms with Crippen molar-refractivity contribution in [2.75, 3.05) is 32.2 Å². The van der Waals surface area contributed by atoms with Crippen LogP contribution in [0.15, 0.2) is 18.2 Å². The molecule has 100 valence electrons. The van der Waals surface area contributed by atoms with Crippen molar-refractivity contribution in [3.8, 4) is 0 Å². The van der Waals surface area contributed by atoms with Crippen LogP contribution in [-0.2, 0) is 4.74 Å². The minimum Gasteiger partial charge on any atom is -0.389 e. The van der Waals surface area contributed by atoms with Gasteiger partial charge in [0, 0.05) is 32.0 Å². The number of rotatable bonds is 6. The summed E-state index contributed by atoms with van der Waals surface area (Å²) in [6.07, 6.45) is -0.569. The van der Waals surface area contributed by atoms with Crippen LogP contribution in [0.2, 0.25) is 0 Å². The summed E-state index contributed by atoms with van der Waals surface area (Å²) >= 11 is 0. The number of nitrogens with one attached hydrogen (secondary N) is 1. The average molecular weight is 251 g/mol. The second-order valence-electron chi connectivity index (χ2n) is 4.42. The summed E-state index contributed by atoms with van der Waals surface area (Å²) in [4.78, 5) is 1.88. The van der Waals surface area contributed by atoms with Crippen LogP contribution in [0.25, 0.3) is 0 Å². The first kappa shape index (κ1) is 14.5. The molecule has 0 radical (unpaired) electrons. The van der Waals surface area contributed by atoms with Crippen molar-refractivity contribution < 1.29 is 9.84 Å². The highest BCUT2D eigenvalue weighted by Gasteiger charge is 2.13. The number of benzene rings is 1. The van der Waals surface area contributed by atoms with Gasteiger partial charge in [-0.15, -0.1) is 0 Å². The molecule has 0 spiro atoms. The topological polar surface area (TPSA) is 82.6 Å². The van der Waals surface area contributed by atoms with Crippen molar-refractivity contribution in [2.45, 2.75) is 13.0 Å². The van der Waals surface area contributed by atoms with Gasteiger partial charge in [-0.05, 0) is 24.6 Å². The smallest absolute Gasteiger partial charge is 0.124 e. The molecular weight excluding hydrogens is 230 g/mol. The summed E-state index contributed by atoms with van der Waals surface area (Å²) in [5.41, 5.74) is 8.17. The number of nitrogen functional groups attached to an aromatic ring is 1. The standard InChI is InChI=1S/C13H21N3O2/c1-9-4-5-11(13(14)15)12(6-9)16(2)7-10(17)8-18-3/h4-6,10,17H,7-8H2,1-3H3,(H3,14,15). The molecule has 4 N–H and O–H groups in total. The van der Waals surface area contributed by atoms with Gasteiger partial charge < -0.3 is 20.5 Å². The Morgan fingerprint density at radius 2 is 2.22 bits per heavy atom. The largest absolute Gasteiger partial charge is 0.389 e. The molecule has 0 heterocycles. The Morgan fingerprint density at radius 1 is 1.56 bits per heavy atom. The van der Waals surface area contributed by atoms with Gasteiger partial charge in [0.1, 0.15) is 5.84 Å². The summed E-state index contributed by atoms with van der Waals surface area (Å²) in [6.45, 7) is 2.69. The van der Waals surface area contributed by atoms with Gasteiger partial charge in [0.2, 0.25) is 0 Å². The van der Waals surface area contributed by atoms with Gasteiger partial charge in [-0.25, -0.2) is 0 Å². The zero-order chi connectivity index (χ0) is 13.7. The van der Waals surface area contributed by atoms with Crippen molar-refractivity contribution in [3.63, 3.8) is 0 Å². The molecule has 0 aliphatic heterocycles. The Morgan fingerprint density at radius 3 is 2.78 bits per heavy atom. The first-order valence-corrected chi connectivity index (χ1v) is 5.79. The number of hydrogen-bond donors (Lipinski definition) is 3. The average Bonchev–Trinajstić information content (AvgIpc) is 2.28. The molecule has 5 heteroatoms. The maximum absolute atomic E-state index is 9.73. The van der Waals surface area contributed by atoms with Gasteiger partial charge in [0.15, 0.2) is 0 Å². The van der Waals surface area contributed by atoms with E-state index in [0.717, 1.165) is 11.3 Å². The lowest BCUT2D eigenvalue weighted by atomic mass is 10.1. The maximum atomic E-state index is 9.73. The molecule has 0 aromatic heterocycles. The summed E-state index contributed by atoms with van der Waals surface area (Å²) in [5.74, 6) is 0.0260. The van der Waals surface area contributed by atoms with Crippen molar-refractivity contribution in [2.24, 2.45) is 5.73 Å². The highest BCUT2D eigenvalue weighted by atomic mass is 16.5. The van der Waals surface area contributed by atoms with Gasteiger partial charge >= 0.3 is 0 Å². The van der Waals surface area contributed by atoms with E-state index in [1.54, 1.807) is 7.11 Å². The van der Waals surface area contributed by atoms with E-state index in [2.05, 4.69) is 0 Å². The number of amidine groups is 1. The van der Waals surface area contributed by atoms with Gasteiger partial charge in [-0.3, -0.25) is 5.41 Å². The van der Waals surface area contributed by atoms with Gasteiger partial charge in [0.05, 0.1) is 12.7 Å². The fourth-order valence-electron chi connectivity index (χ4n) is 1.84. The number of nitrogens with zero attached hydrogens (tertiary/aromatic N) is 1. The number of nitrogens with two attached hydrogens (primary N) is 1. The quantitative estimate of drug-likeness (QED) is 0.514. The minimum atomic E-state index is -0.569. The van der Waals surface area contributed by atoms with E-state index in [1.165, 1.54) is 0 Å².